The van der Waals surface area contributed by atoms with E-state index in [4.69, 9.17) is 5.73 Å². The summed E-state index contributed by atoms with van der Waals surface area (Å²) in [5, 5.41) is 0. The summed E-state index contributed by atoms with van der Waals surface area (Å²) in [6.45, 7) is -0.0444. The van der Waals surface area contributed by atoms with Gasteiger partial charge in [-0.1, -0.05) is 25.0 Å². The molecule has 124 valence electrons. The first kappa shape index (κ1) is 16.1. The predicted molar refractivity (Wildman–Crippen MR) is 91.7 cm³/mol. The van der Waals surface area contributed by atoms with E-state index in [9.17, 15) is 9.59 Å². The topological polar surface area (TPSA) is 89.2 Å². The summed E-state index contributed by atoms with van der Waals surface area (Å²) < 4.78 is 0. The van der Waals surface area contributed by atoms with E-state index in [1.807, 2.05) is 24.3 Å². The van der Waals surface area contributed by atoms with Crippen molar-refractivity contribution in [1.29, 1.82) is 0 Å². The van der Waals surface area contributed by atoms with Crippen molar-refractivity contribution in [3.8, 4) is 0 Å². The van der Waals surface area contributed by atoms with Crippen LogP contribution in [0.3, 0.4) is 0 Å². The van der Waals surface area contributed by atoms with Gasteiger partial charge in [-0.05, 0) is 31.1 Å². The molecule has 1 fully saturated rings. The zero-order valence-corrected chi connectivity index (χ0v) is 13.4. The van der Waals surface area contributed by atoms with Crippen LogP contribution in [0.25, 0.3) is 17.1 Å². The second kappa shape index (κ2) is 7.21. The standard InChI is InChI=1S/C18H20N4O2/c19-17(23)12-22(14-5-1-2-6-14)18(24)10-9-13-11-20-15-7-3-4-8-16(15)21-13/h3-4,7-11,14H,1-2,5-6,12H2,(H2,19,23)/b10-9-. The van der Waals surface area contributed by atoms with Crippen LogP contribution >= 0.6 is 0 Å². The Morgan fingerprint density at radius 3 is 2.62 bits per heavy atom. The van der Waals surface area contributed by atoms with Gasteiger partial charge < -0.3 is 10.6 Å². The molecule has 6 nitrogen and oxygen atoms in total. The van der Waals surface area contributed by atoms with E-state index in [2.05, 4.69) is 9.97 Å². The highest BCUT2D eigenvalue weighted by Crippen LogP contribution is 2.23. The van der Waals surface area contributed by atoms with Gasteiger partial charge in [0.2, 0.25) is 11.8 Å². The highest BCUT2D eigenvalue weighted by Gasteiger charge is 2.26. The van der Waals surface area contributed by atoms with Crippen LogP contribution < -0.4 is 5.73 Å². The SMILES string of the molecule is NC(=O)CN(C(=O)/C=C\c1cnc2ccccc2n1)C1CCCC1. The fourth-order valence-electron chi connectivity index (χ4n) is 3.08. The fourth-order valence-corrected chi connectivity index (χ4v) is 3.08. The molecule has 0 saturated heterocycles. The lowest BCUT2D eigenvalue weighted by molar-refractivity contribution is -0.133. The Morgan fingerprint density at radius 1 is 1.21 bits per heavy atom. The van der Waals surface area contributed by atoms with Gasteiger partial charge in [-0.3, -0.25) is 14.6 Å². The summed E-state index contributed by atoms with van der Waals surface area (Å²) in [5.74, 6) is -0.704. The van der Waals surface area contributed by atoms with Crippen LogP contribution in [0.4, 0.5) is 0 Å². The Morgan fingerprint density at radius 2 is 1.92 bits per heavy atom. The quantitative estimate of drug-likeness (QED) is 0.851. The third-order valence-corrected chi connectivity index (χ3v) is 4.24. The second-order valence-electron chi connectivity index (χ2n) is 5.99. The minimum atomic E-state index is -0.492. The summed E-state index contributed by atoms with van der Waals surface area (Å²) in [6.07, 6.45) is 8.69. The third-order valence-electron chi connectivity index (χ3n) is 4.24. The monoisotopic (exact) mass is 324 g/mol. The van der Waals surface area contributed by atoms with Crippen molar-refractivity contribution in [2.75, 3.05) is 6.54 Å². The zero-order valence-electron chi connectivity index (χ0n) is 13.4. The van der Waals surface area contributed by atoms with E-state index in [0.29, 0.717) is 5.69 Å². The molecular weight excluding hydrogens is 304 g/mol. The minimum absolute atomic E-state index is 0.0444. The van der Waals surface area contributed by atoms with Gasteiger partial charge in [0.15, 0.2) is 0 Å². The van der Waals surface area contributed by atoms with Crippen molar-refractivity contribution in [2.24, 2.45) is 5.73 Å². The summed E-state index contributed by atoms with van der Waals surface area (Å²) in [4.78, 5) is 34.1. The number of para-hydroxylation sites is 2. The summed E-state index contributed by atoms with van der Waals surface area (Å²) >= 11 is 0. The molecule has 1 heterocycles. The Hall–Kier alpha value is -2.76. The van der Waals surface area contributed by atoms with Gasteiger partial charge in [-0.25, -0.2) is 4.98 Å². The molecule has 0 spiro atoms. The Bertz CT molecular complexity index is 781. The normalized spacial score (nSPS) is 15.2. The lowest BCUT2D eigenvalue weighted by atomic mass is 10.2. The van der Waals surface area contributed by atoms with Crippen LogP contribution in [0.2, 0.25) is 0 Å². The molecule has 24 heavy (non-hydrogen) atoms. The van der Waals surface area contributed by atoms with Crippen molar-refractivity contribution in [3.05, 3.63) is 42.2 Å². The van der Waals surface area contributed by atoms with Crippen LogP contribution in [0, 0.1) is 0 Å². The molecule has 1 saturated carbocycles. The summed E-state index contributed by atoms with van der Waals surface area (Å²) in [6, 6.07) is 7.65. The van der Waals surface area contributed by atoms with Crippen LogP contribution in [0.5, 0.6) is 0 Å². The minimum Gasteiger partial charge on any atom is -0.368 e. The number of hydrogen-bond acceptors (Lipinski definition) is 4. The lowest BCUT2D eigenvalue weighted by Crippen LogP contribution is -2.43. The Balaban J connectivity index is 1.76. The van der Waals surface area contributed by atoms with Crippen molar-refractivity contribution in [3.63, 3.8) is 0 Å². The van der Waals surface area contributed by atoms with E-state index in [1.54, 1.807) is 17.2 Å². The molecule has 1 aliphatic rings. The van der Waals surface area contributed by atoms with Crippen molar-refractivity contribution >= 4 is 28.9 Å². The molecule has 1 aliphatic carbocycles. The average Bonchev–Trinajstić information content (AvgIpc) is 3.11. The lowest BCUT2D eigenvalue weighted by Gasteiger charge is -2.26. The van der Waals surface area contributed by atoms with Gasteiger partial charge in [-0.2, -0.15) is 0 Å². The number of fused-ring (bicyclic) bond motifs is 1. The molecule has 2 N–H and O–H groups in total. The van der Waals surface area contributed by atoms with E-state index < -0.39 is 5.91 Å². The number of rotatable bonds is 5. The highest BCUT2D eigenvalue weighted by atomic mass is 16.2. The largest absolute Gasteiger partial charge is 0.368 e. The van der Waals surface area contributed by atoms with E-state index in [0.717, 1.165) is 36.7 Å². The molecule has 6 heteroatoms. The molecule has 0 unspecified atom stereocenters. The molecule has 2 amide bonds. The fraction of sp³-hybridized carbons (Fsp3) is 0.333. The molecule has 2 aromatic rings. The first-order valence-corrected chi connectivity index (χ1v) is 8.12. The number of aromatic nitrogens is 2. The molecule has 0 bridgehead atoms. The molecular formula is C18H20N4O2. The van der Waals surface area contributed by atoms with Gasteiger partial charge in [0, 0.05) is 12.1 Å². The Labute approximate surface area is 140 Å². The van der Waals surface area contributed by atoms with Gasteiger partial charge in [-0.15, -0.1) is 0 Å². The second-order valence-corrected chi connectivity index (χ2v) is 5.99. The maximum absolute atomic E-state index is 12.5. The van der Waals surface area contributed by atoms with Gasteiger partial charge in [0.05, 0.1) is 29.5 Å². The smallest absolute Gasteiger partial charge is 0.247 e. The van der Waals surface area contributed by atoms with Crippen molar-refractivity contribution < 1.29 is 9.59 Å². The maximum atomic E-state index is 12.5. The maximum Gasteiger partial charge on any atom is 0.247 e. The average molecular weight is 324 g/mol. The van der Waals surface area contributed by atoms with Crippen molar-refractivity contribution in [1.82, 2.24) is 14.9 Å². The van der Waals surface area contributed by atoms with E-state index >= 15 is 0 Å². The number of nitrogens with zero attached hydrogens (tertiary/aromatic N) is 3. The van der Waals surface area contributed by atoms with Gasteiger partial charge in [0.25, 0.3) is 0 Å². The van der Waals surface area contributed by atoms with Crippen LogP contribution in [0.15, 0.2) is 36.5 Å². The first-order chi connectivity index (χ1) is 11.6. The number of amides is 2. The molecule has 0 radical (unpaired) electrons. The van der Waals surface area contributed by atoms with Crippen LogP contribution in [-0.4, -0.2) is 39.3 Å². The number of nitrogens with two attached hydrogens (primary N) is 1. The predicted octanol–water partition coefficient (Wildman–Crippen LogP) is 1.90. The van der Waals surface area contributed by atoms with Gasteiger partial charge >= 0.3 is 0 Å². The first-order valence-electron chi connectivity index (χ1n) is 8.12. The number of primary amides is 1. The number of hydrogen-bond donors (Lipinski definition) is 1. The summed E-state index contributed by atoms with van der Waals surface area (Å²) in [5.41, 5.74) is 7.48. The number of carbonyl (C=O) groups excluding carboxylic acids is 2. The number of benzene rings is 1. The Kier molecular flexibility index (Phi) is 4.84. The molecule has 1 aromatic carbocycles. The summed E-state index contributed by atoms with van der Waals surface area (Å²) in [7, 11) is 0. The molecule has 3 rings (SSSR count). The van der Waals surface area contributed by atoms with Crippen molar-refractivity contribution in [2.45, 2.75) is 31.7 Å². The molecule has 0 aliphatic heterocycles. The molecule has 1 aromatic heterocycles. The van der Waals surface area contributed by atoms with Crippen LogP contribution in [-0.2, 0) is 9.59 Å². The zero-order chi connectivity index (χ0) is 16.9. The van der Waals surface area contributed by atoms with E-state index in [-0.39, 0.29) is 18.5 Å². The van der Waals surface area contributed by atoms with E-state index in [1.165, 1.54) is 6.08 Å². The highest BCUT2D eigenvalue weighted by molar-refractivity contribution is 5.94. The number of carbonyl (C=O) groups is 2. The van der Waals surface area contributed by atoms with Gasteiger partial charge in [0.1, 0.15) is 0 Å². The third kappa shape index (κ3) is 3.76. The van der Waals surface area contributed by atoms with Crippen LogP contribution in [0.1, 0.15) is 31.4 Å². The molecule has 0 atom stereocenters.